The Kier molecular flexibility index (Phi) is 6.89. The molecule has 1 aromatic carbocycles. The van der Waals surface area contributed by atoms with E-state index in [0.29, 0.717) is 12.8 Å². The van der Waals surface area contributed by atoms with Gasteiger partial charge in [-0.1, -0.05) is 54.1 Å². The maximum Gasteiger partial charge on any atom is 0.320 e. The molecule has 0 saturated heterocycles. The SMILES string of the molecule is CC1=CCC(C)(S(=O)(=O)O)C=C1.NC(Cc1ccccc1)C(=O)O. The van der Waals surface area contributed by atoms with Crippen LogP contribution in [0.5, 0.6) is 0 Å². The van der Waals surface area contributed by atoms with Crippen molar-refractivity contribution in [1.29, 1.82) is 0 Å². The molecule has 6 nitrogen and oxygen atoms in total. The lowest BCUT2D eigenvalue weighted by Crippen LogP contribution is -2.33. The van der Waals surface area contributed by atoms with Crippen molar-refractivity contribution in [2.75, 3.05) is 0 Å². The standard InChI is InChI=1S/C9H11NO2.C8H12O3S/c10-8(9(11)12)6-7-4-2-1-3-5-7;1-7-3-5-8(2,6-4-7)12(9,10)11/h1-5,8H,6,10H2,(H,11,12);3-5H,6H2,1-2H3,(H,9,10,11). The van der Waals surface area contributed by atoms with Crippen LogP contribution in [0.2, 0.25) is 0 Å². The van der Waals surface area contributed by atoms with E-state index in [9.17, 15) is 13.2 Å². The molecule has 0 amide bonds. The van der Waals surface area contributed by atoms with Crippen molar-refractivity contribution in [3.8, 4) is 0 Å². The van der Waals surface area contributed by atoms with Gasteiger partial charge in [-0.3, -0.25) is 9.35 Å². The summed E-state index contributed by atoms with van der Waals surface area (Å²) in [4.78, 5) is 10.4. The normalized spacial score (nSPS) is 21.2. The highest BCUT2D eigenvalue weighted by Gasteiger charge is 2.35. The fourth-order valence-electron chi connectivity index (χ4n) is 1.95. The van der Waals surface area contributed by atoms with Gasteiger partial charge in [0.25, 0.3) is 10.1 Å². The molecule has 0 saturated carbocycles. The third kappa shape index (κ3) is 5.92. The monoisotopic (exact) mass is 353 g/mol. The molecule has 1 aromatic rings. The minimum Gasteiger partial charge on any atom is -0.480 e. The fraction of sp³-hybridized carbons (Fsp3) is 0.353. The number of carboxylic acid groups (broad SMARTS) is 1. The van der Waals surface area contributed by atoms with E-state index in [2.05, 4.69) is 0 Å². The first-order chi connectivity index (χ1) is 11.0. The highest BCUT2D eigenvalue weighted by Crippen LogP contribution is 2.27. The largest absolute Gasteiger partial charge is 0.480 e. The Morgan fingerprint density at radius 2 is 1.92 bits per heavy atom. The topological polar surface area (TPSA) is 118 Å². The lowest BCUT2D eigenvalue weighted by molar-refractivity contribution is -0.138. The second-order valence-corrected chi connectivity index (χ2v) is 7.79. The molecule has 132 valence electrons. The number of allylic oxidation sites excluding steroid dienone is 3. The van der Waals surface area contributed by atoms with Gasteiger partial charge in [0.15, 0.2) is 0 Å². The number of benzene rings is 1. The van der Waals surface area contributed by atoms with Gasteiger partial charge < -0.3 is 10.8 Å². The molecule has 2 atom stereocenters. The molecule has 0 heterocycles. The van der Waals surface area contributed by atoms with Crippen molar-refractivity contribution >= 4 is 16.1 Å². The van der Waals surface area contributed by atoms with Gasteiger partial charge in [0.1, 0.15) is 10.8 Å². The molecular weight excluding hydrogens is 330 g/mol. The van der Waals surface area contributed by atoms with E-state index >= 15 is 0 Å². The van der Waals surface area contributed by atoms with Crippen molar-refractivity contribution in [3.63, 3.8) is 0 Å². The Balaban J connectivity index is 0.000000240. The summed E-state index contributed by atoms with van der Waals surface area (Å²) in [6, 6.07) is 8.54. The Bertz CT molecular complexity index is 725. The Morgan fingerprint density at radius 1 is 1.33 bits per heavy atom. The minimum absolute atomic E-state index is 0.341. The predicted molar refractivity (Wildman–Crippen MR) is 93.2 cm³/mol. The molecule has 2 rings (SSSR count). The summed E-state index contributed by atoms with van der Waals surface area (Å²) in [7, 11) is -3.98. The van der Waals surface area contributed by atoms with E-state index in [0.717, 1.165) is 11.1 Å². The van der Waals surface area contributed by atoms with E-state index in [1.165, 1.54) is 13.0 Å². The molecule has 2 unspecified atom stereocenters. The van der Waals surface area contributed by atoms with E-state index in [1.807, 2.05) is 37.3 Å². The van der Waals surface area contributed by atoms with Crippen LogP contribution < -0.4 is 5.73 Å². The van der Waals surface area contributed by atoms with Gasteiger partial charge in [0.05, 0.1) is 0 Å². The summed E-state index contributed by atoms with van der Waals surface area (Å²) in [6.45, 7) is 3.39. The van der Waals surface area contributed by atoms with E-state index in [1.54, 1.807) is 12.2 Å². The summed E-state index contributed by atoms with van der Waals surface area (Å²) >= 11 is 0. The van der Waals surface area contributed by atoms with Crippen LogP contribution in [-0.2, 0) is 21.3 Å². The highest BCUT2D eigenvalue weighted by atomic mass is 32.2. The maximum absolute atomic E-state index is 10.9. The summed E-state index contributed by atoms with van der Waals surface area (Å²) in [5.41, 5.74) is 7.32. The van der Waals surface area contributed by atoms with Crippen molar-refractivity contribution < 1.29 is 22.9 Å². The number of hydrogen-bond donors (Lipinski definition) is 3. The molecule has 0 fully saturated rings. The zero-order chi connectivity index (χ0) is 18.4. The summed E-state index contributed by atoms with van der Waals surface area (Å²) < 4.78 is 29.5. The second-order valence-electron chi connectivity index (χ2n) is 5.91. The molecule has 0 radical (unpaired) electrons. The van der Waals surface area contributed by atoms with Crippen LogP contribution >= 0.6 is 0 Å². The molecular formula is C17H23NO5S. The lowest BCUT2D eigenvalue weighted by atomic mass is 9.98. The number of hydrogen-bond acceptors (Lipinski definition) is 4. The molecule has 0 aliphatic heterocycles. The van der Waals surface area contributed by atoms with E-state index in [4.69, 9.17) is 15.4 Å². The van der Waals surface area contributed by atoms with E-state index < -0.39 is 26.9 Å². The third-order valence-corrected chi connectivity index (χ3v) is 5.21. The van der Waals surface area contributed by atoms with Crippen molar-refractivity contribution in [1.82, 2.24) is 0 Å². The molecule has 1 aliphatic carbocycles. The van der Waals surface area contributed by atoms with Crippen LogP contribution in [0.15, 0.2) is 54.1 Å². The Labute approximate surface area is 142 Å². The zero-order valence-corrected chi connectivity index (χ0v) is 14.5. The summed E-state index contributed by atoms with van der Waals surface area (Å²) in [5.74, 6) is -0.959. The number of aliphatic carboxylic acids is 1. The maximum atomic E-state index is 10.9. The lowest BCUT2D eigenvalue weighted by Gasteiger charge is -2.23. The van der Waals surface area contributed by atoms with Crippen LogP contribution in [0.3, 0.4) is 0 Å². The van der Waals surface area contributed by atoms with Crippen LogP contribution in [0.4, 0.5) is 0 Å². The average Bonchev–Trinajstić information content (AvgIpc) is 2.51. The Hall–Kier alpha value is -1.96. The molecule has 4 N–H and O–H groups in total. The second kappa shape index (κ2) is 8.23. The quantitative estimate of drug-likeness (QED) is 0.714. The molecule has 0 spiro atoms. The molecule has 24 heavy (non-hydrogen) atoms. The Morgan fingerprint density at radius 3 is 2.33 bits per heavy atom. The van der Waals surface area contributed by atoms with Crippen LogP contribution in [0.25, 0.3) is 0 Å². The first kappa shape index (κ1) is 20.1. The van der Waals surface area contributed by atoms with Gasteiger partial charge in [0, 0.05) is 0 Å². The van der Waals surface area contributed by atoms with Crippen molar-refractivity contribution in [2.24, 2.45) is 5.73 Å². The molecule has 0 bridgehead atoms. The van der Waals surface area contributed by atoms with Gasteiger partial charge in [-0.05, 0) is 32.3 Å². The van der Waals surface area contributed by atoms with Gasteiger partial charge in [-0.25, -0.2) is 0 Å². The van der Waals surface area contributed by atoms with E-state index in [-0.39, 0.29) is 0 Å². The molecule has 7 heteroatoms. The van der Waals surface area contributed by atoms with Crippen LogP contribution in [-0.4, -0.2) is 34.8 Å². The van der Waals surface area contributed by atoms with Gasteiger partial charge in [-0.2, -0.15) is 8.42 Å². The van der Waals surface area contributed by atoms with Crippen LogP contribution in [0, 0.1) is 0 Å². The van der Waals surface area contributed by atoms with Gasteiger partial charge >= 0.3 is 5.97 Å². The van der Waals surface area contributed by atoms with Crippen molar-refractivity contribution in [3.05, 3.63) is 59.7 Å². The number of carboxylic acids is 1. The highest BCUT2D eigenvalue weighted by molar-refractivity contribution is 7.87. The molecule has 1 aliphatic rings. The van der Waals surface area contributed by atoms with Gasteiger partial charge in [-0.15, -0.1) is 0 Å². The smallest absolute Gasteiger partial charge is 0.320 e. The number of carbonyl (C=O) groups is 1. The summed E-state index contributed by atoms with van der Waals surface area (Å²) in [5, 5.41) is 8.52. The van der Waals surface area contributed by atoms with Crippen molar-refractivity contribution in [2.45, 2.75) is 37.5 Å². The summed E-state index contributed by atoms with van der Waals surface area (Å²) in [6.07, 6.45) is 5.76. The first-order valence-electron chi connectivity index (χ1n) is 7.40. The fourth-order valence-corrected chi connectivity index (χ4v) is 2.49. The molecule has 0 aromatic heterocycles. The van der Waals surface area contributed by atoms with Gasteiger partial charge in [0.2, 0.25) is 0 Å². The third-order valence-electron chi connectivity index (χ3n) is 3.73. The number of rotatable bonds is 4. The first-order valence-corrected chi connectivity index (χ1v) is 8.84. The average molecular weight is 353 g/mol. The minimum atomic E-state index is -3.98. The predicted octanol–water partition coefficient (Wildman–Crippen LogP) is 2.18. The number of nitrogens with two attached hydrogens (primary N) is 1. The zero-order valence-electron chi connectivity index (χ0n) is 13.7. The van der Waals surface area contributed by atoms with Crippen LogP contribution in [0.1, 0.15) is 25.8 Å².